The fourth-order valence-corrected chi connectivity index (χ4v) is 2.41. The van der Waals surface area contributed by atoms with E-state index < -0.39 is 23.7 Å². The van der Waals surface area contributed by atoms with Gasteiger partial charge in [0.15, 0.2) is 0 Å². The highest BCUT2D eigenvalue weighted by Crippen LogP contribution is 2.23. The Morgan fingerprint density at radius 1 is 1.00 bits per heavy atom. The van der Waals surface area contributed by atoms with Gasteiger partial charge in [-0.15, -0.1) is 0 Å². The zero-order valence-electron chi connectivity index (χ0n) is 13.0. The van der Waals surface area contributed by atoms with Gasteiger partial charge in [-0.1, -0.05) is 6.07 Å². The lowest BCUT2D eigenvalue weighted by molar-refractivity contribution is 0.0518. The van der Waals surface area contributed by atoms with Crippen molar-refractivity contribution in [2.24, 2.45) is 0 Å². The van der Waals surface area contributed by atoms with E-state index in [4.69, 9.17) is 9.84 Å². The number of carboxylic acids is 1. The number of nitrogens with one attached hydrogen (secondary N) is 1. The van der Waals surface area contributed by atoms with Crippen molar-refractivity contribution >= 4 is 23.7 Å². The molecule has 0 radical (unpaired) electrons. The number of carbonyl (C=O) groups excluding carboxylic acids is 3. The maximum absolute atomic E-state index is 12.3. The van der Waals surface area contributed by atoms with E-state index in [0.29, 0.717) is 10.8 Å². The number of carboxylic acid groups (broad SMARTS) is 1. The summed E-state index contributed by atoms with van der Waals surface area (Å²) in [6.07, 6.45) is 0. The minimum Gasteiger partial charge on any atom is -0.497 e. The number of amides is 3. The average molecular weight is 340 g/mol. The molecule has 2 N–H and O–H groups in total. The predicted octanol–water partition coefficient (Wildman–Crippen LogP) is 1.33. The van der Waals surface area contributed by atoms with E-state index in [1.54, 1.807) is 12.1 Å². The maximum Gasteiger partial charge on any atom is 0.335 e. The fourth-order valence-electron chi connectivity index (χ4n) is 2.41. The number of hydrazine groups is 1. The lowest BCUT2D eigenvalue weighted by atomic mass is 10.1. The van der Waals surface area contributed by atoms with Gasteiger partial charge in [-0.2, -0.15) is 5.01 Å². The third kappa shape index (κ3) is 2.80. The standard InChI is InChI=1S/C17H12N2O6/c1-25-11-4-2-3-9(7-11)14(20)18-19-15(21)12-6-5-10(17(23)24)8-13(12)16(19)22/h2-8H,1H3,(H,18,20)(H,23,24). The summed E-state index contributed by atoms with van der Waals surface area (Å²) < 4.78 is 5.02. The highest BCUT2D eigenvalue weighted by Gasteiger charge is 2.37. The number of aromatic carboxylic acids is 1. The average Bonchev–Trinajstić information content (AvgIpc) is 2.86. The summed E-state index contributed by atoms with van der Waals surface area (Å²) in [5.74, 6) is -2.97. The summed E-state index contributed by atoms with van der Waals surface area (Å²) in [7, 11) is 1.45. The first-order valence-electron chi connectivity index (χ1n) is 7.13. The summed E-state index contributed by atoms with van der Waals surface area (Å²) in [5, 5.41) is 9.55. The number of carbonyl (C=O) groups is 4. The van der Waals surface area contributed by atoms with E-state index >= 15 is 0 Å². The summed E-state index contributed by atoms with van der Waals surface area (Å²) in [5.41, 5.74) is 2.26. The molecule has 0 unspecified atom stereocenters. The van der Waals surface area contributed by atoms with Crippen LogP contribution in [0, 0.1) is 0 Å². The van der Waals surface area contributed by atoms with Crippen LogP contribution in [0.5, 0.6) is 5.75 Å². The number of nitrogens with zero attached hydrogens (tertiary/aromatic N) is 1. The number of methoxy groups -OCH3 is 1. The van der Waals surface area contributed by atoms with Crippen molar-refractivity contribution in [3.63, 3.8) is 0 Å². The molecule has 0 atom stereocenters. The van der Waals surface area contributed by atoms with E-state index in [1.807, 2.05) is 0 Å². The van der Waals surface area contributed by atoms with E-state index in [1.165, 1.54) is 31.4 Å². The molecule has 1 heterocycles. The van der Waals surface area contributed by atoms with Gasteiger partial charge in [-0.05, 0) is 36.4 Å². The summed E-state index contributed by atoms with van der Waals surface area (Å²) >= 11 is 0. The Hall–Kier alpha value is -3.68. The van der Waals surface area contributed by atoms with Gasteiger partial charge in [0.25, 0.3) is 17.7 Å². The molecule has 8 heteroatoms. The summed E-state index contributed by atoms with van der Waals surface area (Å²) in [6.45, 7) is 0. The Balaban J connectivity index is 1.86. The molecule has 0 saturated heterocycles. The highest BCUT2D eigenvalue weighted by atomic mass is 16.5. The molecule has 0 saturated carbocycles. The first-order valence-corrected chi connectivity index (χ1v) is 7.13. The van der Waals surface area contributed by atoms with E-state index in [-0.39, 0.29) is 22.3 Å². The van der Waals surface area contributed by atoms with Gasteiger partial charge < -0.3 is 9.84 Å². The van der Waals surface area contributed by atoms with Crippen molar-refractivity contribution in [2.45, 2.75) is 0 Å². The molecule has 0 fully saturated rings. The predicted molar refractivity (Wildman–Crippen MR) is 84.4 cm³/mol. The summed E-state index contributed by atoms with van der Waals surface area (Å²) in [4.78, 5) is 47.9. The van der Waals surface area contributed by atoms with Gasteiger partial charge in [-0.25, -0.2) is 4.79 Å². The van der Waals surface area contributed by atoms with E-state index in [9.17, 15) is 19.2 Å². The molecule has 126 valence electrons. The Morgan fingerprint density at radius 2 is 1.72 bits per heavy atom. The van der Waals surface area contributed by atoms with Crippen LogP contribution < -0.4 is 10.2 Å². The number of imide groups is 1. The number of benzene rings is 2. The Kier molecular flexibility index (Phi) is 3.94. The van der Waals surface area contributed by atoms with Crippen LogP contribution in [0.4, 0.5) is 0 Å². The van der Waals surface area contributed by atoms with Crippen LogP contribution in [-0.4, -0.2) is 40.9 Å². The molecule has 2 aromatic carbocycles. The van der Waals surface area contributed by atoms with Crippen molar-refractivity contribution in [3.05, 3.63) is 64.7 Å². The molecule has 3 rings (SSSR count). The molecule has 0 aromatic heterocycles. The van der Waals surface area contributed by atoms with Crippen LogP contribution in [0.1, 0.15) is 41.4 Å². The topological polar surface area (TPSA) is 113 Å². The molecule has 1 aliphatic heterocycles. The van der Waals surface area contributed by atoms with Crippen molar-refractivity contribution in [3.8, 4) is 5.75 Å². The minimum atomic E-state index is -1.22. The van der Waals surface area contributed by atoms with Crippen molar-refractivity contribution in [1.29, 1.82) is 0 Å². The molecule has 1 aliphatic rings. The molecular weight excluding hydrogens is 328 g/mol. The van der Waals surface area contributed by atoms with Gasteiger partial charge in [0.2, 0.25) is 0 Å². The maximum atomic E-state index is 12.3. The molecule has 0 bridgehead atoms. The van der Waals surface area contributed by atoms with Crippen LogP contribution in [0.2, 0.25) is 0 Å². The molecule has 2 aromatic rings. The van der Waals surface area contributed by atoms with Gasteiger partial charge >= 0.3 is 5.97 Å². The van der Waals surface area contributed by atoms with Crippen LogP contribution in [-0.2, 0) is 0 Å². The van der Waals surface area contributed by atoms with Gasteiger partial charge in [0, 0.05) is 5.56 Å². The third-order valence-corrected chi connectivity index (χ3v) is 3.68. The van der Waals surface area contributed by atoms with Crippen LogP contribution in [0.25, 0.3) is 0 Å². The second-order valence-corrected chi connectivity index (χ2v) is 5.18. The molecule has 8 nitrogen and oxygen atoms in total. The zero-order chi connectivity index (χ0) is 18.1. The molecule has 0 aliphatic carbocycles. The van der Waals surface area contributed by atoms with E-state index in [0.717, 1.165) is 6.07 Å². The Morgan fingerprint density at radius 3 is 2.40 bits per heavy atom. The lowest BCUT2D eigenvalue weighted by Crippen LogP contribution is -2.45. The first kappa shape index (κ1) is 16.2. The minimum absolute atomic E-state index is 0.0287. The van der Waals surface area contributed by atoms with Crippen LogP contribution in [0.3, 0.4) is 0 Å². The number of hydrogen-bond donors (Lipinski definition) is 2. The Bertz CT molecular complexity index is 921. The Labute approximate surface area is 141 Å². The largest absolute Gasteiger partial charge is 0.497 e. The van der Waals surface area contributed by atoms with E-state index in [2.05, 4.69) is 5.43 Å². The summed E-state index contributed by atoms with van der Waals surface area (Å²) in [6, 6.07) is 9.77. The van der Waals surface area contributed by atoms with Gasteiger partial charge in [-0.3, -0.25) is 19.8 Å². The van der Waals surface area contributed by atoms with Crippen molar-refractivity contribution < 1.29 is 29.0 Å². The second kappa shape index (κ2) is 6.08. The van der Waals surface area contributed by atoms with Crippen molar-refractivity contribution in [2.75, 3.05) is 7.11 Å². The smallest absolute Gasteiger partial charge is 0.335 e. The third-order valence-electron chi connectivity index (χ3n) is 3.68. The highest BCUT2D eigenvalue weighted by molar-refractivity contribution is 6.22. The number of fused-ring (bicyclic) bond motifs is 1. The number of rotatable bonds is 4. The van der Waals surface area contributed by atoms with Gasteiger partial charge in [0.05, 0.1) is 23.8 Å². The first-order chi connectivity index (χ1) is 11.9. The number of hydrogen-bond acceptors (Lipinski definition) is 5. The quantitative estimate of drug-likeness (QED) is 0.812. The lowest BCUT2D eigenvalue weighted by Gasteiger charge is -2.15. The van der Waals surface area contributed by atoms with Crippen LogP contribution in [0.15, 0.2) is 42.5 Å². The molecule has 3 amide bonds. The fraction of sp³-hybridized carbons (Fsp3) is 0.0588. The molecule has 25 heavy (non-hydrogen) atoms. The number of ether oxygens (including phenoxy) is 1. The normalized spacial score (nSPS) is 12.8. The van der Waals surface area contributed by atoms with Crippen molar-refractivity contribution in [1.82, 2.24) is 10.4 Å². The van der Waals surface area contributed by atoms with Gasteiger partial charge in [0.1, 0.15) is 5.75 Å². The zero-order valence-corrected chi connectivity index (χ0v) is 13.0. The molecule has 0 spiro atoms. The second-order valence-electron chi connectivity index (χ2n) is 5.18. The SMILES string of the molecule is COc1cccc(C(=O)NN2C(=O)c3ccc(C(=O)O)cc3C2=O)c1. The molecular formula is C17H12N2O6. The monoisotopic (exact) mass is 340 g/mol. The van der Waals surface area contributed by atoms with Crippen LogP contribution >= 0.6 is 0 Å².